The summed E-state index contributed by atoms with van der Waals surface area (Å²) in [6.07, 6.45) is -0.859. The summed E-state index contributed by atoms with van der Waals surface area (Å²) >= 11 is 0. The summed E-state index contributed by atoms with van der Waals surface area (Å²) in [6, 6.07) is 5.07. The van der Waals surface area contributed by atoms with Gasteiger partial charge in [0, 0.05) is 30.3 Å². The van der Waals surface area contributed by atoms with Crippen molar-refractivity contribution in [2.45, 2.75) is 24.9 Å². The standard InChI is InChI=1S/C20H23N7O6.2Na/c21-20-24-16-15(18(31)25-20)27-9-26(8-12(27)7-22-16)11-3-1-10(2-4-11)17(30)23-13(19(32)33)5-6-14(28)29;;/h1-4,12-13H,5-9H2,(H,23,30)(H,28,29)(H,32,33)(H4,21,22,24,25,31);;/q;2*+1/p-2. The third kappa shape index (κ3) is 6.48. The maximum absolute atomic E-state index is 12.4. The number of rotatable bonds is 7. The molecule has 13 nitrogen and oxygen atoms in total. The number of nitrogens with zero attached hydrogens (tertiary/aromatic N) is 3. The van der Waals surface area contributed by atoms with Crippen molar-refractivity contribution in [2.24, 2.45) is 0 Å². The second-order valence-electron chi connectivity index (χ2n) is 7.82. The van der Waals surface area contributed by atoms with E-state index >= 15 is 0 Å². The number of fused-ring (bicyclic) bond motifs is 3. The maximum Gasteiger partial charge on any atom is 1.00 e. The van der Waals surface area contributed by atoms with Crippen LogP contribution in [0.4, 0.5) is 23.1 Å². The molecule has 5 N–H and O–H groups in total. The molecule has 1 aromatic carbocycles. The normalized spacial score (nSPS) is 16.5. The molecule has 0 radical (unpaired) electrons. The van der Waals surface area contributed by atoms with E-state index in [0.29, 0.717) is 31.3 Å². The molecule has 1 amide bonds. The molecular weight excluding hydrogens is 480 g/mol. The number of carboxylic acid groups (broad SMARTS) is 2. The van der Waals surface area contributed by atoms with Gasteiger partial charge < -0.3 is 46.0 Å². The summed E-state index contributed by atoms with van der Waals surface area (Å²) in [4.78, 5) is 57.2. The van der Waals surface area contributed by atoms with Crippen LogP contribution in [0.2, 0.25) is 0 Å². The van der Waals surface area contributed by atoms with Crippen LogP contribution in [-0.4, -0.2) is 59.7 Å². The Hall–Kier alpha value is -2.29. The first-order chi connectivity index (χ1) is 15.7. The first-order valence-corrected chi connectivity index (χ1v) is 10.2. The number of carboxylic acids is 2. The van der Waals surface area contributed by atoms with Gasteiger partial charge >= 0.3 is 59.1 Å². The Morgan fingerprint density at radius 1 is 1.20 bits per heavy atom. The summed E-state index contributed by atoms with van der Waals surface area (Å²) in [7, 11) is 0. The smallest absolute Gasteiger partial charge is 0.550 e. The van der Waals surface area contributed by atoms with E-state index in [-0.39, 0.29) is 88.6 Å². The molecule has 15 heteroatoms. The zero-order valence-electron chi connectivity index (χ0n) is 19.4. The van der Waals surface area contributed by atoms with E-state index in [1.807, 2.05) is 9.80 Å². The molecule has 0 spiro atoms. The number of hydrogen-bond acceptors (Lipinski definition) is 11. The van der Waals surface area contributed by atoms with Crippen molar-refractivity contribution in [1.82, 2.24) is 15.3 Å². The monoisotopic (exact) mass is 501 g/mol. The summed E-state index contributed by atoms with van der Waals surface area (Å²) < 4.78 is 0. The number of nitrogen functional groups attached to an aromatic ring is 1. The number of aromatic amines is 1. The molecule has 2 aliphatic heterocycles. The number of benzene rings is 1. The van der Waals surface area contributed by atoms with Gasteiger partial charge in [-0.05, 0) is 37.1 Å². The molecule has 1 saturated heterocycles. The SMILES string of the molecule is Nc1nc2c(c(=O)[nH]1)N1CN(c3ccc(C(=O)NC(CCC(=O)[O-])C(=O)[O-])cc3)CC1CN2.[Na+].[Na+]. The van der Waals surface area contributed by atoms with Crippen LogP contribution in [0.5, 0.6) is 0 Å². The van der Waals surface area contributed by atoms with Crippen molar-refractivity contribution < 1.29 is 83.7 Å². The average Bonchev–Trinajstić information content (AvgIpc) is 3.20. The van der Waals surface area contributed by atoms with Crippen molar-refractivity contribution in [3.05, 3.63) is 40.2 Å². The van der Waals surface area contributed by atoms with E-state index in [1.54, 1.807) is 12.1 Å². The predicted octanol–water partition coefficient (Wildman–Crippen LogP) is -9.18. The number of H-pyrrole nitrogens is 1. The van der Waals surface area contributed by atoms with Crippen LogP contribution in [0.25, 0.3) is 0 Å². The van der Waals surface area contributed by atoms with Gasteiger partial charge in [-0.3, -0.25) is 14.6 Å². The molecule has 2 unspecified atom stereocenters. The Morgan fingerprint density at radius 2 is 1.89 bits per heavy atom. The van der Waals surface area contributed by atoms with E-state index in [0.717, 1.165) is 5.69 Å². The van der Waals surface area contributed by atoms with E-state index < -0.39 is 30.3 Å². The van der Waals surface area contributed by atoms with Gasteiger partial charge in [-0.25, -0.2) is 0 Å². The topological polar surface area (TPSA) is 200 Å². The molecule has 0 aliphatic carbocycles. The zero-order chi connectivity index (χ0) is 23.7. The first kappa shape index (κ1) is 28.9. The van der Waals surface area contributed by atoms with Crippen LogP contribution >= 0.6 is 0 Å². The van der Waals surface area contributed by atoms with E-state index in [1.165, 1.54) is 12.1 Å². The number of aliphatic carboxylic acids is 2. The summed E-state index contributed by atoms with van der Waals surface area (Å²) in [5.41, 5.74) is 6.72. The minimum atomic E-state index is -1.57. The van der Waals surface area contributed by atoms with Crippen LogP contribution in [0.3, 0.4) is 0 Å². The number of hydrogen-bond donors (Lipinski definition) is 4. The minimum absolute atomic E-state index is 0. The van der Waals surface area contributed by atoms with Crippen LogP contribution in [0, 0.1) is 0 Å². The molecule has 0 bridgehead atoms. The molecule has 174 valence electrons. The Morgan fingerprint density at radius 3 is 2.51 bits per heavy atom. The predicted molar refractivity (Wildman–Crippen MR) is 113 cm³/mol. The number of amides is 1. The first-order valence-electron chi connectivity index (χ1n) is 10.2. The van der Waals surface area contributed by atoms with Gasteiger partial charge in [-0.15, -0.1) is 0 Å². The third-order valence-corrected chi connectivity index (χ3v) is 5.62. The largest absolute Gasteiger partial charge is 1.00 e. The number of anilines is 4. The quantitative estimate of drug-likeness (QED) is 0.263. The van der Waals surface area contributed by atoms with E-state index in [9.17, 15) is 29.4 Å². The van der Waals surface area contributed by atoms with Gasteiger partial charge in [-0.2, -0.15) is 4.98 Å². The second-order valence-corrected chi connectivity index (χ2v) is 7.82. The minimum Gasteiger partial charge on any atom is -0.550 e. The molecule has 35 heavy (non-hydrogen) atoms. The fraction of sp³-hybridized carbons (Fsp3) is 0.350. The summed E-state index contributed by atoms with van der Waals surface area (Å²) in [5, 5.41) is 27.1. The number of carbonyl (C=O) groups excluding carboxylic acids is 3. The van der Waals surface area contributed by atoms with E-state index in [4.69, 9.17) is 5.73 Å². The summed E-state index contributed by atoms with van der Waals surface area (Å²) in [6.45, 7) is 1.63. The fourth-order valence-corrected chi connectivity index (χ4v) is 3.99. The molecule has 1 fully saturated rings. The summed E-state index contributed by atoms with van der Waals surface area (Å²) in [5.74, 6) is -3.19. The molecule has 0 saturated carbocycles. The molecular formula is C20H21N7Na2O6. The van der Waals surface area contributed by atoms with Gasteiger partial charge in [0.25, 0.3) is 11.5 Å². The number of carbonyl (C=O) groups is 3. The Labute approximate surface area is 244 Å². The molecule has 2 aromatic rings. The number of nitrogens with one attached hydrogen (secondary N) is 3. The molecule has 4 rings (SSSR count). The van der Waals surface area contributed by atoms with E-state index in [2.05, 4.69) is 20.6 Å². The molecule has 2 atom stereocenters. The average molecular weight is 501 g/mol. The number of aromatic nitrogens is 2. The molecule has 3 heterocycles. The van der Waals surface area contributed by atoms with Crippen LogP contribution in [0.1, 0.15) is 23.2 Å². The number of nitrogens with two attached hydrogens (primary N) is 1. The van der Waals surface area contributed by atoms with Crippen molar-refractivity contribution in [1.29, 1.82) is 0 Å². The van der Waals surface area contributed by atoms with Crippen molar-refractivity contribution >= 4 is 41.0 Å². The van der Waals surface area contributed by atoms with Crippen LogP contribution in [-0.2, 0) is 9.59 Å². The van der Waals surface area contributed by atoms with Crippen LogP contribution < -0.4 is 101 Å². The van der Waals surface area contributed by atoms with Gasteiger partial charge in [0.2, 0.25) is 5.95 Å². The van der Waals surface area contributed by atoms with Crippen LogP contribution in [0.15, 0.2) is 29.1 Å². The van der Waals surface area contributed by atoms with Crippen molar-refractivity contribution in [2.75, 3.05) is 40.6 Å². The van der Waals surface area contributed by atoms with Gasteiger partial charge in [0.1, 0.15) is 5.69 Å². The molecule has 2 aliphatic rings. The van der Waals surface area contributed by atoms with Gasteiger partial charge in [0.15, 0.2) is 5.82 Å². The van der Waals surface area contributed by atoms with Gasteiger partial charge in [0.05, 0.1) is 24.7 Å². The Bertz CT molecular complexity index is 1160. The Balaban J connectivity index is 0.00000216. The van der Waals surface area contributed by atoms with Gasteiger partial charge in [-0.1, -0.05) is 0 Å². The molecule has 1 aromatic heterocycles. The van der Waals surface area contributed by atoms with Crippen molar-refractivity contribution in [3.63, 3.8) is 0 Å². The zero-order valence-corrected chi connectivity index (χ0v) is 23.4. The Kier molecular flexibility index (Phi) is 10.0. The third-order valence-electron chi connectivity index (χ3n) is 5.62. The second kappa shape index (κ2) is 12.1. The van der Waals surface area contributed by atoms with Crippen molar-refractivity contribution in [3.8, 4) is 0 Å². The fourth-order valence-electron chi connectivity index (χ4n) is 3.99. The maximum atomic E-state index is 12.4.